The van der Waals surface area contributed by atoms with Crippen molar-refractivity contribution in [2.45, 2.75) is 31.5 Å². The first-order chi connectivity index (χ1) is 17.3. The number of Topliss-reactive ketones (excluding diaryl/α,β-unsaturated/α-hetero) is 2. The van der Waals surface area contributed by atoms with Gasteiger partial charge >= 0.3 is 5.97 Å². The van der Waals surface area contributed by atoms with Gasteiger partial charge in [0.1, 0.15) is 17.1 Å². The minimum Gasteiger partial charge on any atom is -0.507 e. The van der Waals surface area contributed by atoms with Gasteiger partial charge in [-0.15, -0.1) is 0 Å². The molecular weight excluding hydrogens is 460 g/mol. The fraction of sp³-hybridized carbons (Fsp3) is 0.345. The Kier molecular flexibility index (Phi) is 4.99. The number of hydrogen-bond acceptors (Lipinski definition) is 7. The molecular formula is C29H26O7. The molecule has 1 spiro atoms. The van der Waals surface area contributed by atoms with Crippen molar-refractivity contribution in [3.8, 4) is 11.5 Å². The molecule has 7 rings (SSSR count). The van der Waals surface area contributed by atoms with Crippen LogP contribution in [0.1, 0.15) is 41.0 Å². The Morgan fingerprint density at radius 3 is 2.67 bits per heavy atom. The Balaban J connectivity index is 1.44. The zero-order valence-corrected chi connectivity index (χ0v) is 20.0. The molecule has 1 saturated heterocycles. The fourth-order valence-corrected chi connectivity index (χ4v) is 6.38. The van der Waals surface area contributed by atoms with E-state index in [1.165, 1.54) is 6.07 Å². The number of esters is 1. The van der Waals surface area contributed by atoms with E-state index < -0.39 is 34.9 Å². The lowest BCUT2D eigenvalue weighted by molar-refractivity contribution is -0.172. The number of carbonyl (C=O) groups is 3. The van der Waals surface area contributed by atoms with Crippen molar-refractivity contribution in [2.24, 2.45) is 17.8 Å². The van der Waals surface area contributed by atoms with Crippen LogP contribution < -0.4 is 4.74 Å². The maximum atomic E-state index is 14.1. The van der Waals surface area contributed by atoms with Gasteiger partial charge in [0.15, 0.2) is 22.8 Å². The molecule has 36 heavy (non-hydrogen) atoms. The normalized spacial score (nSPS) is 31.2. The van der Waals surface area contributed by atoms with E-state index in [0.29, 0.717) is 11.1 Å². The van der Waals surface area contributed by atoms with Crippen molar-refractivity contribution in [2.75, 3.05) is 13.2 Å². The van der Waals surface area contributed by atoms with E-state index in [1.807, 2.05) is 26.0 Å². The number of carbonyl (C=O) groups excluding carboxylic acids is 3. The Hall–Kier alpha value is -3.71. The Morgan fingerprint density at radius 1 is 1.14 bits per heavy atom. The highest BCUT2D eigenvalue weighted by molar-refractivity contribution is 6.18. The second kappa shape index (κ2) is 7.90. The quantitative estimate of drug-likeness (QED) is 0.503. The van der Waals surface area contributed by atoms with E-state index in [4.69, 9.17) is 14.2 Å². The van der Waals surface area contributed by atoms with Gasteiger partial charge in [-0.3, -0.25) is 9.59 Å². The van der Waals surface area contributed by atoms with Crippen molar-refractivity contribution in [3.63, 3.8) is 0 Å². The number of phenolic OH excluding ortho intramolecular Hbond substituents is 1. The van der Waals surface area contributed by atoms with E-state index >= 15 is 0 Å². The lowest BCUT2D eigenvalue weighted by Crippen LogP contribution is -2.74. The van der Waals surface area contributed by atoms with Gasteiger partial charge in [0.2, 0.25) is 0 Å². The van der Waals surface area contributed by atoms with Crippen LogP contribution in [-0.4, -0.2) is 47.1 Å². The molecule has 5 atom stereocenters. The predicted molar refractivity (Wildman–Crippen MR) is 129 cm³/mol. The highest BCUT2D eigenvalue weighted by Crippen LogP contribution is 2.65. The van der Waals surface area contributed by atoms with Crippen LogP contribution in [0.3, 0.4) is 0 Å². The number of allylic oxidation sites excluding steroid dienone is 2. The van der Waals surface area contributed by atoms with E-state index in [1.54, 1.807) is 42.5 Å². The molecule has 2 fully saturated rings. The van der Waals surface area contributed by atoms with Crippen LogP contribution >= 0.6 is 0 Å². The number of ether oxygens (including phenoxy) is 3. The predicted octanol–water partition coefficient (Wildman–Crippen LogP) is 4.06. The van der Waals surface area contributed by atoms with Crippen molar-refractivity contribution < 1.29 is 33.7 Å². The summed E-state index contributed by atoms with van der Waals surface area (Å²) in [6, 6.07) is 13.4. The van der Waals surface area contributed by atoms with Crippen molar-refractivity contribution in [3.05, 3.63) is 83.0 Å². The van der Waals surface area contributed by atoms with Gasteiger partial charge in [-0.2, -0.15) is 0 Å². The minimum absolute atomic E-state index is 0.00708. The molecule has 5 aliphatic rings. The highest BCUT2D eigenvalue weighted by atomic mass is 16.6. The molecule has 0 unspecified atom stereocenters. The summed E-state index contributed by atoms with van der Waals surface area (Å²) in [6.07, 6.45) is 3.85. The molecule has 2 heterocycles. The summed E-state index contributed by atoms with van der Waals surface area (Å²) in [5.74, 6) is -2.43. The maximum absolute atomic E-state index is 14.1. The van der Waals surface area contributed by atoms with Crippen molar-refractivity contribution >= 4 is 17.5 Å². The first-order valence-corrected chi connectivity index (χ1v) is 12.1. The summed E-state index contributed by atoms with van der Waals surface area (Å²) >= 11 is 0. The summed E-state index contributed by atoms with van der Waals surface area (Å²) in [7, 11) is 0. The Bertz CT molecular complexity index is 1350. The fourth-order valence-electron chi connectivity index (χ4n) is 6.38. The largest absolute Gasteiger partial charge is 0.507 e. The van der Waals surface area contributed by atoms with Crippen molar-refractivity contribution in [1.82, 2.24) is 0 Å². The number of benzene rings is 2. The number of hydrogen-bond donors (Lipinski definition) is 1. The SMILES string of the molecule is CC(C)=CC[C@@]12OC[C@@H]3[C@@H](COC(=O)c4ccccc4)[C@@H](C=C4C(=O)c5c(O)cccc5O[C@]431)C2=O. The molecule has 2 aromatic rings. The lowest BCUT2D eigenvalue weighted by atomic mass is 9.49. The summed E-state index contributed by atoms with van der Waals surface area (Å²) in [6.45, 7) is 4.06. The van der Waals surface area contributed by atoms with Crippen LogP contribution in [0.5, 0.6) is 11.5 Å². The number of fused-ring (bicyclic) bond motifs is 1. The standard InChI is InChI=1S/C29H26O7/c1-16(2)11-12-28-26(32)18-13-20-25(31)24-22(30)9-6-10-23(24)36-29(20,28)21(15-35-28)19(18)14-34-27(33)17-7-4-3-5-8-17/h3-11,13,18-19,21,30H,12,14-15H2,1-2H3/t18-,19+,21-,28+,29-/m1/s1. The van der Waals surface area contributed by atoms with E-state index in [2.05, 4.69) is 0 Å². The average molecular weight is 487 g/mol. The molecule has 1 N–H and O–H groups in total. The third-order valence-electron chi connectivity index (χ3n) is 8.02. The van der Waals surface area contributed by atoms with E-state index in [9.17, 15) is 19.5 Å². The number of rotatable bonds is 5. The van der Waals surface area contributed by atoms with Gasteiger partial charge < -0.3 is 19.3 Å². The van der Waals surface area contributed by atoms with E-state index in [0.717, 1.165) is 5.57 Å². The zero-order valence-electron chi connectivity index (χ0n) is 20.0. The first kappa shape index (κ1) is 22.7. The smallest absolute Gasteiger partial charge is 0.338 e. The van der Waals surface area contributed by atoms with Gasteiger partial charge in [-0.05, 0) is 38.1 Å². The summed E-state index contributed by atoms with van der Waals surface area (Å²) in [4.78, 5) is 40.5. The topological polar surface area (TPSA) is 99.1 Å². The summed E-state index contributed by atoms with van der Waals surface area (Å²) in [5, 5.41) is 10.4. The maximum Gasteiger partial charge on any atom is 0.338 e. The van der Waals surface area contributed by atoms with Gasteiger partial charge in [0, 0.05) is 29.7 Å². The first-order valence-electron chi connectivity index (χ1n) is 12.1. The Labute approximate surface area is 208 Å². The number of phenols is 1. The van der Waals surface area contributed by atoms with Crippen LogP contribution in [0.15, 0.2) is 71.8 Å². The average Bonchev–Trinajstić information content (AvgIpc) is 3.15. The van der Waals surface area contributed by atoms with Gasteiger partial charge in [-0.25, -0.2) is 4.79 Å². The van der Waals surface area contributed by atoms with Crippen LogP contribution in [-0.2, 0) is 14.3 Å². The molecule has 7 nitrogen and oxygen atoms in total. The van der Waals surface area contributed by atoms with Gasteiger partial charge in [0.05, 0.1) is 18.8 Å². The molecule has 2 aromatic carbocycles. The molecule has 3 aliphatic carbocycles. The van der Waals surface area contributed by atoms with Gasteiger partial charge in [0.25, 0.3) is 0 Å². The summed E-state index contributed by atoms with van der Waals surface area (Å²) < 4.78 is 18.6. The van der Waals surface area contributed by atoms with Crippen LogP contribution in [0, 0.1) is 17.8 Å². The third kappa shape index (κ3) is 2.86. The molecule has 0 aromatic heterocycles. The zero-order chi connectivity index (χ0) is 25.2. The second-order valence-electron chi connectivity index (χ2n) is 10.1. The molecule has 184 valence electrons. The molecule has 4 bridgehead atoms. The van der Waals surface area contributed by atoms with Crippen LogP contribution in [0.2, 0.25) is 0 Å². The third-order valence-corrected chi connectivity index (χ3v) is 8.02. The second-order valence-corrected chi connectivity index (χ2v) is 10.1. The highest BCUT2D eigenvalue weighted by Gasteiger charge is 2.79. The molecule has 0 radical (unpaired) electrons. The molecule has 7 heteroatoms. The van der Waals surface area contributed by atoms with Gasteiger partial charge in [-0.1, -0.05) is 42.0 Å². The number of aromatic hydroxyl groups is 1. The summed E-state index contributed by atoms with van der Waals surface area (Å²) in [5.41, 5.74) is -0.862. The van der Waals surface area contributed by atoms with E-state index in [-0.39, 0.29) is 48.3 Å². The minimum atomic E-state index is -1.37. The molecule has 2 aliphatic heterocycles. The molecule has 0 amide bonds. The van der Waals surface area contributed by atoms with Crippen molar-refractivity contribution in [1.29, 1.82) is 0 Å². The van der Waals surface area contributed by atoms with Crippen LogP contribution in [0.4, 0.5) is 0 Å². The monoisotopic (exact) mass is 486 g/mol. The molecule has 1 saturated carbocycles. The van der Waals surface area contributed by atoms with Crippen LogP contribution in [0.25, 0.3) is 0 Å². The number of ketones is 2. The Morgan fingerprint density at radius 2 is 1.92 bits per heavy atom. The lowest BCUT2D eigenvalue weighted by Gasteiger charge is -2.58.